The molecular weight excluding hydrogens is 252 g/mol. The minimum atomic E-state index is 0.0666. The predicted molar refractivity (Wildman–Crippen MR) is 79.8 cm³/mol. The Kier molecular flexibility index (Phi) is 5.15. The molecule has 1 amide bonds. The van der Waals surface area contributed by atoms with Crippen LogP contribution in [-0.2, 0) is 11.3 Å². The van der Waals surface area contributed by atoms with Crippen LogP contribution in [0.5, 0.6) is 0 Å². The second kappa shape index (κ2) is 6.86. The first-order valence-electron chi connectivity index (χ1n) is 7.17. The van der Waals surface area contributed by atoms with Gasteiger partial charge in [-0.25, -0.2) is 0 Å². The van der Waals surface area contributed by atoms with Gasteiger partial charge in [0, 0.05) is 32.3 Å². The number of rotatable bonds is 5. The molecule has 0 aliphatic carbocycles. The van der Waals surface area contributed by atoms with Gasteiger partial charge in [-0.3, -0.25) is 4.79 Å². The molecule has 2 rings (SSSR count). The summed E-state index contributed by atoms with van der Waals surface area (Å²) in [6.07, 6.45) is 2.36. The van der Waals surface area contributed by atoms with Crippen LogP contribution in [0.3, 0.4) is 0 Å². The Balaban J connectivity index is 1.93. The maximum absolute atomic E-state index is 12.3. The molecule has 0 radical (unpaired) electrons. The van der Waals surface area contributed by atoms with E-state index in [0.29, 0.717) is 6.54 Å². The van der Waals surface area contributed by atoms with Gasteiger partial charge >= 0.3 is 0 Å². The molecular formula is C16H24N2O2. The minimum absolute atomic E-state index is 0.0666. The van der Waals surface area contributed by atoms with Gasteiger partial charge in [0.15, 0.2) is 0 Å². The fourth-order valence-corrected chi connectivity index (χ4v) is 2.51. The lowest BCUT2D eigenvalue weighted by Crippen LogP contribution is -2.34. The van der Waals surface area contributed by atoms with Crippen molar-refractivity contribution < 1.29 is 9.53 Å². The fourth-order valence-electron chi connectivity index (χ4n) is 2.51. The van der Waals surface area contributed by atoms with E-state index in [0.717, 1.165) is 31.6 Å². The monoisotopic (exact) mass is 276 g/mol. The van der Waals surface area contributed by atoms with E-state index in [1.54, 1.807) is 4.90 Å². The lowest BCUT2D eigenvalue weighted by molar-refractivity contribution is 0.0587. The smallest absolute Gasteiger partial charge is 0.253 e. The van der Waals surface area contributed by atoms with Crippen molar-refractivity contribution in [2.45, 2.75) is 25.5 Å². The molecule has 4 heteroatoms. The first kappa shape index (κ1) is 15.0. The van der Waals surface area contributed by atoms with Crippen LogP contribution in [0.4, 0.5) is 0 Å². The Hall–Kier alpha value is -1.39. The molecule has 20 heavy (non-hydrogen) atoms. The lowest BCUT2D eigenvalue weighted by atomic mass is 10.1. The Labute approximate surface area is 121 Å². The van der Waals surface area contributed by atoms with Gasteiger partial charge in [0.25, 0.3) is 5.91 Å². The second-order valence-electron chi connectivity index (χ2n) is 5.76. The summed E-state index contributed by atoms with van der Waals surface area (Å²) in [7, 11) is 5.92. The zero-order chi connectivity index (χ0) is 14.5. The average molecular weight is 276 g/mol. The van der Waals surface area contributed by atoms with Crippen LogP contribution in [0.2, 0.25) is 0 Å². The highest BCUT2D eigenvalue weighted by Gasteiger charge is 2.20. The zero-order valence-corrected chi connectivity index (χ0v) is 12.6. The Bertz CT molecular complexity index is 436. The second-order valence-corrected chi connectivity index (χ2v) is 5.76. The average Bonchev–Trinajstić information content (AvgIpc) is 2.91. The van der Waals surface area contributed by atoms with Crippen molar-refractivity contribution in [3.8, 4) is 0 Å². The van der Waals surface area contributed by atoms with Crippen molar-refractivity contribution in [2.75, 3.05) is 34.3 Å². The number of hydrogen-bond donors (Lipinski definition) is 0. The third-order valence-electron chi connectivity index (χ3n) is 3.55. The van der Waals surface area contributed by atoms with Crippen LogP contribution in [0.15, 0.2) is 24.3 Å². The van der Waals surface area contributed by atoms with Gasteiger partial charge < -0.3 is 14.5 Å². The molecule has 1 aromatic carbocycles. The summed E-state index contributed by atoms with van der Waals surface area (Å²) >= 11 is 0. The molecule has 110 valence electrons. The molecule has 0 bridgehead atoms. The van der Waals surface area contributed by atoms with Crippen molar-refractivity contribution in [1.82, 2.24) is 9.80 Å². The van der Waals surface area contributed by atoms with E-state index in [-0.39, 0.29) is 12.0 Å². The van der Waals surface area contributed by atoms with E-state index in [2.05, 4.69) is 4.90 Å². The van der Waals surface area contributed by atoms with Gasteiger partial charge in [0.05, 0.1) is 6.10 Å². The first-order valence-corrected chi connectivity index (χ1v) is 7.17. The largest absolute Gasteiger partial charge is 0.376 e. The predicted octanol–water partition coefficient (Wildman–Crippen LogP) is 2.00. The summed E-state index contributed by atoms with van der Waals surface area (Å²) in [5, 5.41) is 0. The van der Waals surface area contributed by atoms with Gasteiger partial charge in [-0.2, -0.15) is 0 Å². The number of hydrogen-bond acceptors (Lipinski definition) is 3. The van der Waals surface area contributed by atoms with E-state index >= 15 is 0 Å². The van der Waals surface area contributed by atoms with Crippen LogP contribution in [-0.4, -0.2) is 56.1 Å². The van der Waals surface area contributed by atoms with E-state index in [9.17, 15) is 4.79 Å². The number of likely N-dealkylation sites (N-methyl/N-ethyl adjacent to an activating group) is 1. The molecule has 1 fully saturated rings. The zero-order valence-electron chi connectivity index (χ0n) is 12.6. The number of carbonyl (C=O) groups is 1. The summed E-state index contributed by atoms with van der Waals surface area (Å²) in [5.41, 5.74) is 1.96. The molecule has 1 aliphatic rings. The molecule has 1 atom stereocenters. The quantitative estimate of drug-likeness (QED) is 0.824. The van der Waals surface area contributed by atoms with Gasteiger partial charge in [-0.1, -0.05) is 12.1 Å². The molecule has 4 nitrogen and oxygen atoms in total. The standard InChI is InChI=1S/C16H24N2O2/c1-17(2)11-13-6-8-14(9-7-13)16(19)18(3)12-15-5-4-10-20-15/h6-9,15H,4-5,10-12H2,1-3H3/t15-/m0/s1. The summed E-state index contributed by atoms with van der Waals surface area (Å²) in [4.78, 5) is 16.2. The Morgan fingerprint density at radius 2 is 1.95 bits per heavy atom. The van der Waals surface area contributed by atoms with Crippen molar-refractivity contribution in [3.05, 3.63) is 35.4 Å². The molecule has 0 spiro atoms. The number of ether oxygens (including phenoxy) is 1. The van der Waals surface area contributed by atoms with Crippen molar-refractivity contribution in [1.29, 1.82) is 0 Å². The first-order chi connectivity index (χ1) is 9.56. The van der Waals surface area contributed by atoms with Gasteiger partial charge in [0.1, 0.15) is 0 Å². The van der Waals surface area contributed by atoms with Crippen LogP contribution < -0.4 is 0 Å². The van der Waals surface area contributed by atoms with Crippen LogP contribution in [0.25, 0.3) is 0 Å². The topological polar surface area (TPSA) is 32.8 Å². The molecule has 1 aliphatic heterocycles. The maximum Gasteiger partial charge on any atom is 0.253 e. The Morgan fingerprint density at radius 3 is 2.50 bits per heavy atom. The number of nitrogens with zero attached hydrogens (tertiary/aromatic N) is 2. The summed E-state index contributed by atoms with van der Waals surface area (Å²) in [6, 6.07) is 7.86. The lowest BCUT2D eigenvalue weighted by Gasteiger charge is -2.21. The molecule has 0 saturated carbocycles. The SMILES string of the molecule is CN(C)Cc1ccc(C(=O)N(C)C[C@@H]2CCCO2)cc1. The number of amides is 1. The van der Waals surface area contributed by atoms with Crippen LogP contribution in [0, 0.1) is 0 Å². The van der Waals surface area contributed by atoms with E-state index in [1.165, 1.54) is 5.56 Å². The molecule has 1 aromatic rings. The van der Waals surface area contributed by atoms with E-state index < -0.39 is 0 Å². The maximum atomic E-state index is 12.3. The van der Waals surface area contributed by atoms with Gasteiger partial charge in [-0.05, 0) is 44.6 Å². The Morgan fingerprint density at radius 1 is 1.25 bits per heavy atom. The van der Waals surface area contributed by atoms with Gasteiger partial charge in [-0.15, -0.1) is 0 Å². The van der Waals surface area contributed by atoms with Crippen molar-refractivity contribution in [3.63, 3.8) is 0 Å². The highest BCUT2D eigenvalue weighted by atomic mass is 16.5. The molecule has 1 heterocycles. The van der Waals surface area contributed by atoms with Gasteiger partial charge in [0.2, 0.25) is 0 Å². The highest BCUT2D eigenvalue weighted by molar-refractivity contribution is 5.94. The molecule has 0 N–H and O–H groups in total. The summed E-state index contributed by atoms with van der Waals surface area (Å²) in [5.74, 6) is 0.0666. The summed E-state index contributed by atoms with van der Waals surface area (Å²) < 4.78 is 5.57. The summed E-state index contributed by atoms with van der Waals surface area (Å²) in [6.45, 7) is 2.39. The minimum Gasteiger partial charge on any atom is -0.376 e. The van der Waals surface area contributed by atoms with Crippen molar-refractivity contribution in [2.24, 2.45) is 0 Å². The molecule has 1 saturated heterocycles. The molecule has 0 aromatic heterocycles. The molecule has 0 unspecified atom stereocenters. The fraction of sp³-hybridized carbons (Fsp3) is 0.562. The van der Waals surface area contributed by atoms with Crippen LogP contribution in [0.1, 0.15) is 28.8 Å². The number of carbonyl (C=O) groups excluding carboxylic acids is 1. The third kappa shape index (κ3) is 4.05. The van der Waals surface area contributed by atoms with E-state index in [4.69, 9.17) is 4.74 Å². The van der Waals surface area contributed by atoms with Crippen LogP contribution >= 0.6 is 0 Å². The normalized spacial score (nSPS) is 18.5. The third-order valence-corrected chi connectivity index (χ3v) is 3.55. The van der Waals surface area contributed by atoms with E-state index in [1.807, 2.05) is 45.4 Å². The highest BCUT2D eigenvalue weighted by Crippen LogP contribution is 2.14. The number of benzene rings is 1. The van der Waals surface area contributed by atoms with Crippen molar-refractivity contribution >= 4 is 5.91 Å².